The minimum absolute atomic E-state index is 0.102. The zero-order valence-electron chi connectivity index (χ0n) is 13.2. The Hall–Kier alpha value is -1.07. The first-order valence-electron chi connectivity index (χ1n) is 7.37. The van der Waals surface area contributed by atoms with Gasteiger partial charge < -0.3 is 15.8 Å². The van der Waals surface area contributed by atoms with Crippen molar-refractivity contribution in [2.24, 2.45) is 5.73 Å². The van der Waals surface area contributed by atoms with Gasteiger partial charge in [0, 0.05) is 22.1 Å². The molecule has 3 N–H and O–H groups in total. The summed E-state index contributed by atoms with van der Waals surface area (Å²) in [6.07, 6.45) is 1.45. The highest BCUT2D eigenvalue weighted by Crippen LogP contribution is 2.28. The van der Waals surface area contributed by atoms with Gasteiger partial charge in [0.2, 0.25) is 0 Å². The number of benzene rings is 1. The Morgan fingerprint density at radius 3 is 2.62 bits per heavy atom. The Morgan fingerprint density at radius 2 is 2.05 bits per heavy atom. The number of hydrogen-bond acceptors (Lipinski definition) is 3. The maximum Gasteiger partial charge on any atom is 0.260 e. The molecule has 0 aliphatic carbocycles. The molecule has 0 aliphatic heterocycles. The van der Waals surface area contributed by atoms with E-state index in [1.165, 1.54) is 0 Å². The van der Waals surface area contributed by atoms with Crippen molar-refractivity contribution in [2.45, 2.75) is 58.7 Å². The molecule has 1 amide bonds. The number of hydrogen-bond donors (Lipinski definition) is 2. The zero-order valence-corrected chi connectivity index (χ0v) is 14.7. The van der Waals surface area contributed by atoms with Crippen molar-refractivity contribution in [3.63, 3.8) is 0 Å². The van der Waals surface area contributed by atoms with Crippen LogP contribution in [0.1, 0.15) is 52.1 Å². The van der Waals surface area contributed by atoms with Crippen molar-refractivity contribution in [1.82, 2.24) is 5.32 Å². The van der Waals surface area contributed by atoms with Crippen LogP contribution < -0.4 is 15.8 Å². The van der Waals surface area contributed by atoms with E-state index >= 15 is 0 Å². The molecule has 0 saturated heterocycles. The van der Waals surface area contributed by atoms with Crippen molar-refractivity contribution in [2.75, 3.05) is 0 Å². The van der Waals surface area contributed by atoms with Gasteiger partial charge in [0.15, 0.2) is 6.10 Å². The second-order valence-electron chi connectivity index (χ2n) is 5.43. The maximum absolute atomic E-state index is 12.1. The number of carbonyl (C=O) groups excluding carboxylic acids is 1. The van der Waals surface area contributed by atoms with Crippen LogP contribution in [0.3, 0.4) is 0 Å². The molecule has 0 bridgehead atoms. The van der Waals surface area contributed by atoms with Crippen LogP contribution in [-0.4, -0.2) is 18.1 Å². The number of amides is 1. The van der Waals surface area contributed by atoms with E-state index in [1.54, 1.807) is 6.92 Å². The molecule has 1 aromatic rings. The average molecular weight is 357 g/mol. The van der Waals surface area contributed by atoms with Gasteiger partial charge in [-0.05, 0) is 45.4 Å². The molecule has 0 fully saturated rings. The molecule has 0 heterocycles. The molecule has 0 aliphatic rings. The van der Waals surface area contributed by atoms with Gasteiger partial charge in [-0.3, -0.25) is 4.79 Å². The summed E-state index contributed by atoms with van der Waals surface area (Å²) in [5.41, 5.74) is 6.83. The quantitative estimate of drug-likeness (QED) is 0.785. The number of nitrogens with two attached hydrogens (primary N) is 1. The molecule has 0 aromatic heterocycles. The monoisotopic (exact) mass is 356 g/mol. The van der Waals surface area contributed by atoms with E-state index in [0.717, 1.165) is 22.9 Å². The van der Waals surface area contributed by atoms with Crippen molar-refractivity contribution >= 4 is 21.8 Å². The molecule has 3 atom stereocenters. The minimum atomic E-state index is -0.553. The van der Waals surface area contributed by atoms with Gasteiger partial charge in [-0.1, -0.05) is 29.3 Å². The number of rotatable bonds is 7. The molecule has 4 nitrogen and oxygen atoms in total. The summed E-state index contributed by atoms with van der Waals surface area (Å²) in [7, 11) is 0. The van der Waals surface area contributed by atoms with E-state index in [2.05, 4.69) is 28.2 Å². The smallest absolute Gasteiger partial charge is 0.260 e. The summed E-state index contributed by atoms with van der Waals surface area (Å²) < 4.78 is 6.73. The van der Waals surface area contributed by atoms with Crippen molar-refractivity contribution in [3.05, 3.63) is 28.2 Å². The molecule has 1 rings (SSSR count). The topological polar surface area (TPSA) is 64.3 Å². The van der Waals surface area contributed by atoms with Gasteiger partial charge in [0.05, 0.1) is 0 Å². The van der Waals surface area contributed by atoms with E-state index in [4.69, 9.17) is 10.5 Å². The SMILES string of the molecule is CCCC(C)NC(=O)C(C)Oc1ccc(Br)cc1[C@H](C)N. The summed E-state index contributed by atoms with van der Waals surface area (Å²) >= 11 is 3.42. The van der Waals surface area contributed by atoms with Crippen LogP contribution in [0.2, 0.25) is 0 Å². The highest BCUT2D eigenvalue weighted by atomic mass is 79.9. The third-order valence-corrected chi connectivity index (χ3v) is 3.74. The molecular weight excluding hydrogens is 332 g/mol. The Morgan fingerprint density at radius 1 is 1.38 bits per heavy atom. The van der Waals surface area contributed by atoms with E-state index in [9.17, 15) is 4.79 Å². The van der Waals surface area contributed by atoms with Crippen LogP contribution in [0.4, 0.5) is 0 Å². The molecular formula is C16H25BrN2O2. The lowest BCUT2D eigenvalue weighted by atomic mass is 10.1. The Bertz CT molecular complexity index is 477. The van der Waals surface area contributed by atoms with Crippen LogP contribution in [0.15, 0.2) is 22.7 Å². The van der Waals surface area contributed by atoms with E-state index in [0.29, 0.717) is 5.75 Å². The first-order chi connectivity index (χ1) is 9.85. The molecule has 0 spiro atoms. The second kappa shape index (κ2) is 8.39. The predicted octanol–water partition coefficient (Wildman–Crippen LogP) is 3.54. The fourth-order valence-electron chi connectivity index (χ4n) is 2.09. The number of carbonyl (C=O) groups is 1. The summed E-state index contributed by atoms with van der Waals surface area (Å²) in [5.74, 6) is 0.550. The van der Waals surface area contributed by atoms with Crippen LogP contribution >= 0.6 is 15.9 Å². The number of ether oxygens (including phenoxy) is 1. The highest BCUT2D eigenvalue weighted by Gasteiger charge is 2.19. The molecule has 21 heavy (non-hydrogen) atoms. The summed E-state index contributed by atoms with van der Waals surface area (Å²) in [4.78, 5) is 12.1. The standard InChI is InChI=1S/C16H25BrN2O2/c1-5-6-10(2)19-16(20)12(4)21-15-8-7-13(17)9-14(15)11(3)18/h7-12H,5-6,18H2,1-4H3,(H,19,20)/t10?,11-,12?/m0/s1. The first kappa shape index (κ1) is 18.0. The largest absolute Gasteiger partial charge is 0.481 e. The van der Waals surface area contributed by atoms with Crippen molar-refractivity contribution < 1.29 is 9.53 Å². The van der Waals surface area contributed by atoms with Crippen LogP contribution in [0.25, 0.3) is 0 Å². The zero-order chi connectivity index (χ0) is 16.0. The Balaban J connectivity index is 2.74. The van der Waals surface area contributed by atoms with Gasteiger partial charge in [-0.15, -0.1) is 0 Å². The molecule has 1 aromatic carbocycles. The molecule has 0 radical (unpaired) electrons. The number of halogens is 1. The summed E-state index contributed by atoms with van der Waals surface area (Å²) in [5, 5.41) is 2.96. The third kappa shape index (κ3) is 5.67. The lowest BCUT2D eigenvalue weighted by Crippen LogP contribution is -2.41. The summed E-state index contributed by atoms with van der Waals surface area (Å²) in [6, 6.07) is 5.64. The summed E-state index contributed by atoms with van der Waals surface area (Å²) in [6.45, 7) is 7.74. The molecule has 0 saturated carbocycles. The van der Waals surface area contributed by atoms with Crippen LogP contribution in [-0.2, 0) is 4.79 Å². The van der Waals surface area contributed by atoms with Crippen molar-refractivity contribution in [1.29, 1.82) is 0 Å². The van der Waals surface area contributed by atoms with E-state index < -0.39 is 6.10 Å². The van der Waals surface area contributed by atoms with Crippen molar-refractivity contribution in [3.8, 4) is 5.75 Å². The first-order valence-corrected chi connectivity index (χ1v) is 8.16. The van der Waals surface area contributed by atoms with Gasteiger partial charge in [-0.25, -0.2) is 0 Å². The normalized spacial score (nSPS) is 15.1. The fraction of sp³-hybridized carbons (Fsp3) is 0.562. The lowest BCUT2D eigenvalue weighted by Gasteiger charge is -2.21. The minimum Gasteiger partial charge on any atom is -0.481 e. The lowest BCUT2D eigenvalue weighted by molar-refractivity contribution is -0.127. The molecule has 118 valence electrons. The van der Waals surface area contributed by atoms with Crippen LogP contribution in [0, 0.1) is 0 Å². The van der Waals surface area contributed by atoms with Gasteiger partial charge in [0.1, 0.15) is 5.75 Å². The van der Waals surface area contributed by atoms with Crippen LogP contribution in [0.5, 0.6) is 5.75 Å². The van der Waals surface area contributed by atoms with E-state index in [-0.39, 0.29) is 18.0 Å². The Labute approximate surface area is 135 Å². The highest BCUT2D eigenvalue weighted by molar-refractivity contribution is 9.10. The van der Waals surface area contributed by atoms with Gasteiger partial charge in [-0.2, -0.15) is 0 Å². The average Bonchev–Trinajstić information content (AvgIpc) is 2.40. The second-order valence-corrected chi connectivity index (χ2v) is 6.34. The molecule has 5 heteroatoms. The van der Waals surface area contributed by atoms with Gasteiger partial charge in [0.25, 0.3) is 5.91 Å². The maximum atomic E-state index is 12.1. The molecule has 2 unspecified atom stereocenters. The Kier molecular flexibility index (Phi) is 7.18. The van der Waals surface area contributed by atoms with Gasteiger partial charge >= 0.3 is 0 Å². The fourth-order valence-corrected chi connectivity index (χ4v) is 2.47. The number of nitrogens with one attached hydrogen (secondary N) is 1. The van der Waals surface area contributed by atoms with E-state index in [1.807, 2.05) is 32.0 Å². The third-order valence-electron chi connectivity index (χ3n) is 3.25. The predicted molar refractivity (Wildman–Crippen MR) is 89.3 cm³/mol.